The molecule has 1 aromatic rings. The first-order valence-corrected chi connectivity index (χ1v) is 9.61. The Bertz CT molecular complexity index is 487. The summed E-state index contributed by atoms with van der Waals surface area (Å²) in [4.78, 5) is 0.223. The highest BCUT2D eigenvalue weighted by Gasteiger charge is 2.18. The van der Waals surface area contributed by atoms with Crippen molar-refractivity contribution in [2.75, 3.05) is 25.1 Å². The Balaban J connectivity index is 2.56. The van der Waals surface area contributed by atoms with Crippen LogP contribution in [-0.4, -0.2) is 49.3 Å². The third kappa shape index (κ3) is 5.82. The summed E-state index contributed by atoms with van der Waals surface area (Å²) in [6, 6.07) is -0.0930. The largest absolute Gasteiger partial charge is 0.315 e. The average molecular weight is 320 g/mol. The number of rotatable bonds is 10. The van der Waals surface area contributed by atoms with Gasteiger partial charge in [0.1, 0.15) is 4.90 Å². The third-order valence-electron chi connectivity index (χ3n) is 2.64. The lowest BCUT2D eigenvalue weighted by Gasteiger charge is -2.11. The lowest BCUT2D eigenvalue weighted by Crippen LogP contribution is -2.34. The number of hydrogen-bond donors (Lipinski definition) is 2. The molecule has 1 unspecified atom stereocenters. The van der Waals surface area contributed by atoms with Crippen LogP contribution in [0.15, 0.2) is 17.3 Å². The van der Waals surface area contributed by atoms with E-state index in [9.17, 15) is 8.42 Å². The van der Waals surface area contributed by atoms with Gasteiger partial charge in [-0.25, -0.2) is 13.1 Å². The zero-order valence-electron chi connectivity index (χ0n) is 12.3. The first-order chi connectivity index (χ1) is 9.49. The maximum absolute atomic E-state index is 12.1. The van der Waals surface area contributed by atoms with Gasteiger partial charge in [-0.1, -0.05) is 6.92 Å². The highest BCUT2D eigenvalue weighted by molar-refractivity contribution is 7.98. The van der Waals surface area contributed by atoms with Crippen molar-refractivity contribution >= 4 is 21.8 Å². The fourth-order valence-electron chi connectivity index (χ4n) is 1.72. The van der Waals surface area contributed by atoms with Gasteiger partial charge in [0.05, 0.1) is 12.7 Å². The molecule has 1 atom stereocenters. The summed E-state index contributed by atoms with van der Waals surface area (Å²) >= 11 is 1.61. The summed E-state index contributed by atoms with van der Waals surface area (Å²) < 4.78 is 28.5. The Kier molecular flexibility index (Phi) is 7.57. The number of aromatic nitrogens is 2. The summed E-state index contributed by atoms with van der Waals surface area (Å²) in [5, 5.41) is 7.34. The van der Waals surface area contributed by atoms with Crippen molar-refractivity contribution in [2.24, 2.45) is 0 Å². The van der Waals surface area contributed by atoms with Crippen LogP contribution >= 0.6 is 11.8 Å². The van der Waals surface area contributed by atoms with Gasteiger partial charge in [0, 0.05) is 24.5 Å². The molecule has 0 aliphatic rings. The van der Waals surface area contributed by atoms with Crippen LogP contribution < -0.4 is 10.0 Å². The molecule has 0 aromatic carbocycles. The first kappa shape index (κ1) is 17.5. The minimum atomic E-state index is -3.46. The molecule has 0 aliphatic carbocycles. The lowest BCUT2D eigenvalue weighted by atomic mass is 10.4. The summed E-state index contributed by atoms with van der Waals surface area (Å²) in [5.41, 5.74) is 0. The number of hydrogen-bond acceptors (Lipinski definition) is 5. The quantitative estimate of drug-likeness (QED) is 0.627. The minimum Gasteiger partial charge on any atom is -0.315 e. The standard InChI is InChI=1S/C12H24N4O2S2/c1-4-5-13-6-7-16-9-12(8-14-16)20(17,18)15-11(2)10-19-3/h8-9,11,13,15H,4-7,10H2,1-3H3. The highest BCUT2D eigenvalue weighted by atomic mass is 32.2. The third-order valence-corrected chi connectivity index (χ3v) is 5.01. The molecule has 0 saturated heterocycles. The van der Waals surface area contributed by atoms with Crippen LogP contribution in [-0.2, 0) is 16.6 Å². The summed E-state index contributed by atoms with van der Waals surface area (Å²) in [7, 11) is -3.46. The summed E-state index contributed by atoms with van der Waals surface area (Å²) in [5.74, 6) is 0.744. The maximum atomic E-state index is 12.1. The van der Waals surface area contributed by atoms with Crippen LogP contribution in [0.3, 0.4) is 0 Å². The summed E-state index contributed by atoms with van der Waals surface area (Å²) in [6.07, 6.45) is 6.00. The van der Waals surface area contributed by atoms with Gasteiger partial charge in [0.15, 0.2) is 0 Å². The van der Waals surface area contributed by atoms with E-state index in [0.717, 1.165) is 25.3 Å². The molecular formula is C12H24N4O2S2. The molecule has 0 fully saturated rings. The van der Waals surface area contributed by atoms with Gasteiger partial charge < -0.3 is 5.32 Å². The maximum Gasteiger partial charge on any atom is 0.243 e. The van der Waals surface area contributed by atoms with Gasteiger partial charge in [-0.3, -0.25) is 4.68 Å². The van der Waals surface area contributed by atoms with Gasteiger partial charge >= 0.3 is 0 Å². The number of sulfonamides is 1. The molecule has 2 N–H and O–H groups in total. The Morgan fingerprint density at radius 2 is 2.20 bits per heavy atom. The van der Waals surface area contributed by atoms with Crippen LogP contribution in [0.25, 0.3) is 0 Å². The minimum absolute atomic E-state index is 0.0930. The highest BCUT2D eigenvalue weighted by Crippen LogP contribution is 2.09. The molecule has 116 valence electrons. The predicted octanol–water partition coefficient (Wildman–Crippen LogP) is 0.913. The van der Waals surface area contributed by atoms with Crippen molar-refractivity contribution in [3.05, 3.63) is 12.4 Å². The van der Waals surface area contributed by atoms with E-state index >= 15 is 0 Å². The smallest absolute Gasteiger partial charge is 0.243 e. The topological polar surface area (TPSA) is 76.0 Å². The van der Waals surface area contributed by atoms with Gasteiger partial charge in [0.25, 0.3) is 0 Å². The molecule has 1 rings (SSSR count). The van der Waals surface area contributed by atoms with Crippen LogP contribution in [0.1, 0.15) is 20.3 Å². The Labute approximate surface area is 125 Å². The molecular weight excluding hydrogens is 296 g/mol. The predicted molar refractivity (Wildman–Crippen MR) is 83.6 cm³/mol. The fourth-order valence-corrected chi connectivity index (χ4v) is 3.60. The van der Waals surface area contributed by atoms with E-state index in [-0.39, 0.29) is 10.9 Å². The molecule has 0 saturated carbocycles. The fraction of sp³-hybridized carbons (Fsp3) is 0.750. The SMILES string of the molecule is CCCNCCn1cc(S(=O)(=O)NC(C)CSC)cn1. The Morgan fingerprint density at radius 3 is 2.85 bits per heavy atom. The number of nitrogens with one attached hydrogen (secondary N) is 2. The Hall–Kier alpha value is -0.570. The van der Waals surface area contributed by atoms with Gasteiger partial charge in [0.2, 0.25) is 10.0 Å². The second kappa shape index (κ2) is 8.66. The monoisotopic (exact) mass is 320 g/mol. The van der Waals surface area contributed by atoms with Crippen LogP contribution in [0.5, 0.6) is 0 Å². The van der Waals surface area contributed by atoms with E-state index in [1.54, 1.807) is 22.6 Å². The van der Waals surface area contributed by atoms with Gasteiger partial charge in [-0.2, -0.15) is 16.9 Å². The lowest BCUT2D eigenvalue weighted by molar-refractivity contribution is 0.551. The van der Waals surface area contributed by atoms with Gasteiger partial charge in [-0.05, 0) is 26.1 Å². The molecule has 0 bridgehead atoms. The van der Waals surface area contributed by atoms with E-state index in [1.807, 2.05) is 13.2 Å². The van der Waals surface area contributed by atoms with Gasteiger partial charge in [-0.15, -0.1) is 0 Å². The molecule has 0 aliphatic heterocycles. The van der Waals surface area contributed by atoms with Crippen molar-refractivity contribution in [2.45, 2.75) is 37.8 Å². The number of thioether (sulfide) groups is 1. The van der Waals surface area contributed by atoms with Crippen molar-refractivity contribution in [3.63, 3.8) is 0 Å². The molecule has 0 radical (unpaired) electrons. The van der Waals surface area contributed by atoms with Crippen LogP contribution in [0.4, 0.5) is 0 Å². The van der Waals surface area contributed by atoms with E-state index in [0.29, 0.717) is 6.54 Å². The van der Waals surface area contributed by atoms with E-state index in [2.05, 4.69) is 22.1 Å². The second-order valence-corrected chi connectivity index (χ2v) is 7.29. The molecule has 1 heterocycles. The van der Waals surface area contributed by atoms with Crippen LogP contribution in [0.2, 0.25) is 0 Å². The normalized spacial score (nSPS) is 13.6. The van der Waals surface area contributed by atoms with Crippen molar-refractivity contribution in [1.29, 1.82) is 0 Å². The van der Waals surface area contributed by atoms with E-state index in [1.165, 1.54) is 6.20 Å². The summed E-state index contributed by atoms with van der Waals surface area (Å²) in [6.45, 7) is 6.36. The van der Waals surface area contributed by atoms with Crippen LogP contribution in [0, 0.1) is 0 Å². The average Bonchev–Trinajstić information content (AvgIpc) is 2.84. The number of nitrogens with zero attached hydrogens (tertiary/aromatic N) is 2. The van der Waals surface area contributed by atoms with Crippen molar-refractivity contribution in [1.82, 2.24) is 19.8 Å². The molecule has 1 aromatic heterocycles. The molecule has 8 heteroatoms. The van der Waals surface area contributed by atoms with E-state index in [4.69, 9.17) is 0 Å². The van der Waals surface area contributed by atoms with E-state index < -0.39 is 10.0 Å². The molecule has 0 amide bonds. The zero-order valence-corrected chi connectivity index (χ0v) is 13.9. The molecule has 6 nitrogen and oxygen atoms in total. The molecule has 20 heavy (non-hydrogen) atoms. The molecule has 0 spiro atoms. The second-order valence-electron chi connectivity index (χ2n) is 4.67. The Morgan fingerprint density at radius 1 is 1.45 bits per heavy atom. The first-order valence-electron chi connectivity index (χ1n) is 6.74. The zero-order chi connectivity index (χ0) is 15.0. The van der Waals surface area contributed by atoms with Crippen molar-refractivity contribution < 1.29 is 8.42 Å². The van der Waals surface area contributed by atoms with Crippen molar-refractivity contribution in [3.8, 4) is 0 Å².